The number of rotatable bonds is 4. The highest BCUT2D eigenvalue weighted by molar-refractivity contribution is 6.08. The number of fused-ring (bicyclic) bond motifs is 3. The van der Waals surface area contributed by atoms with Crippen molar-refractivity contribution in [2.24, 2.45) is 0 Å². The minimum atomic E-state index is 0.231. The molecular weight excluding hydrogens is 348 g/mol. The van der Waals surface area contributed by atoms with E-state index in [1.54, 1.807) is 0 Å². The fourth-order valence-electron chi connectivity index (χ4n) is 4.10. The number of hydrogen-bond acceptors (Lipinski definition) is 5. The molecule has 0 spiro atoms. The van der Waals surface area contributed by atoms with Crippen LogP contribution in [0.3, 0.4) is 0 Å². The van der Waals surface area contributed by atoms with Crippen LogP contribution >= 0.6 is 0 Å². The Morgan fingerprint density at radius 2 is 1.82 bits per heavy atom. The monoisotopic (exact) mass is 380 g/mol. The predicted molar refractivity (Wildman–Crippen MR) is 118 cm³/mol. The molecule has 6 nitrogen and oxygen atoms in total. The van der Waals surface area contributed by atoms with Crippen molar-refractivity contribution in [3.8, 4) is 0 Å². The smallest absolute Gasteiger partial charge is 0.152 e. The number of unbranched alkanes of at least 4 members (excludes halogenated alkanes) is 1. The molecule has 1 saturated heterocycles. The van der Waals surface area contributed by atoms with Gasteiger partial charge in [-0.25, -0.2) is 4.98 Å². The van der Waals surface area contributed by atoms with E-state index in [0.717, 1.165) is 67.4 Å². The summed E-state index contributed by atoms with van der Waals surface area (Å²) in [7, 11) is 0. The van der Waals surface area contributed by atoms with Gasteiger partial charge in [0.2, 0.25) is 0 Å². The first kappa shape index (κ1) is 19.0. The highest BCUT2D eigenvalue weighted by Crippen LogP contribution is 2.30. The first-order valence-electron chi connectivity index (χ1n) is 10.4. The Kier molecular flexibility index (Phi) is 4.91. The Morgan fingerprint density at radius 1 is 1.07 bits per heavy atom. The van der Waals surface area contributed by atoms with E-state index in [1.165, 1.54) is 5.69 Å². The third-order valence-electron chi connectivity index (χ3n) is 5.85. The molecule has 6 heteroatoms. The molecule has 3 aromatic rings. The number of piperazine rings is 1. The van der Waals surface area contributed by atoms with Gasteiger partial charge in [-0.05, 0) is 39.3 Å². The van der Waals surface area contributed by atoms with E-state index in [1.807, 2.05) is 4.68 Å². The molecule has 1 aliphatic rings. The molecule has 2 N–H and O–H groups in total. The predicted octanol–water partition coefficient (Wildman–Crippen LogP) is 3.89. The van der Waals surface area contributed by atoms with Gasteiger partial charge in [0.15, 0.2) is 5.82 Å². The fourth-order valence-corrected chi connectivity index (χ4v) is 4.10. The van der Waals surface area contributed by atoms with E-state index in [0.29, 0.717) is 5.82 Å². The van der Waals surface area contributed by atoms with Gasteiger partial charge < -0.3 is 10.6 Å². The fraction of sp³-hybridized carbons (Fsp3) is 0.545. The SMILES string of the molecule is CCCCn1cc2c(n1)c(N)nc1cc(N3CCN(C(C)(C)C)CC3)ccc12. The van der Waals surface area contributed by atoms with Crippen LogP contribution in [0.2, 0.25) is 0 Å². The van der Waals surface area contributed by atoms with Crippen molar-refractivity contribution in [1.29, 1.82) is 0 Å². The average molecular weight is 381 g/mol. The summed E-state index contributed by atoms with van der Waals surface area (Å²) in [6.07, 6.45) is 4.38. The number of pyridine rings is 1. The number of nitrogens with two attached hydrogens (primary N) is 1. The van der Waals surface area contributed by atoms with E-state index in [2.05, 4.69) is 72.0 Å². The summed E-state index contributed by atoms with van der Waals surface area (Å²) in [6.45, 7) is 14.2. The first-order valence-corrected chi connectivity index (χ1v) is 10.4. The lowest BCUT2D eigenvalue weighted by molar-refractivity contribution is 0.128. The zero-order valence-corrected chi connectivity index (χ0v) is 17.6. The normalized spacial score (nSPS) is 16.4. The van der Waals surface area contributed by atoms with Crippen LogP contribution in [0.4, 0.5) is 11.5 Å². The van der Waals surface area contributed by atoms with E-state index < -0.39 is 0 Å². The molecule has 28 heavy (non-hydrogen) atoms. The summed E-state index contributed by atoms with van der Waals surface area (Å²) < 4.78 is 2.01. The summed E-state index contributed by atoms with van der Waals surface area (Å²) in [6, 6.07) is 6.58. The molecule has 150 valence electrons. The standard InChI is InChI=1S/C22H32N6/c1-5-6-9-28-15-18-17-8-7-16(14-19(17)24-21(23)20(18)25-28)26-10-12-27(13-11-26)22(2,3)4/h7-8,14-15H,5-6,9-13H2,1-4H3,(H2,23,24). The molecule has 0 amide bonds. The number of hydrogen-bond donors (Lipinski definition) is 1. The lowest BCUT2D eigenvalue weighted by Gasteiger charge is -2.43. The summed E-state index contributed by atoms with van der Waals surface area (Å²) >= 11 is 0. The van der Waals surface area contributed by atoms with Crippen molar-refractivity contribution in [2.45, 2.75) is 52.6 Å². The molecule has 1 fully saturated rings. The maximum absolute atomic E-state index is 6.25. The Hall–Kier alpha value is -2.34. The van der Waals surface area contributed by atoms with Crippen LogP contribution in [0.1, 0.15) is 40.5 Å². The van der Waals surface area contributed by atoms with E-state index >= 15 is 0 Å². The molecule has 0 atom stereocenters. The van der Waals surface area contributed by atoms with Crippen molar-refractivity contribution in [3.05, 3.63) is 24.4 Å². The lowest BCUT2D eigenvalue weighted by atomic mass is 10.0. The van der Waals surface area contributed by atoms with Crippen LogP contribution in [0.15, 0.2) is 24.4 Å². The second-order valence-corrected chi connectivity index (χ2v) is 8.85. The molecule has 0 unspecified atom stereocenters. The Labute approximate surface area is 167 Å². The van der Waals surface area contributed by atoms with Crippen LogP contribution in [-0.2, 0) is 6.54 Å². The van der Waals surface area contributed by atoms with Gasteiger partial charge in [-0.1, -0.05) is 19.4 Å². The number of aromatic nitrogens is 3. The maximum atomic E-state index is 6.25. The summed E-state index contributed by atoms with van der Waals surface area (Å²) in [5.41, 5.74) is 9.48. The number of benzene rings is 1. The quantitative estimate of drug-likeness (QED) is 0.744. The van der Waals surface area contributed by atoms with Crippen molar-refractivity contribution in [1.82, 2.24) is 19.7 Å². The van der Waals surface area contributed by atoms with Crippen molar-refractivity contribution in [3.63, 3.8) is 0 Å². The van der Waals surface area contributed by atoms with Crippen molar-refractivity contribution >= 4 is 33.3 Å². The molecule has 0 saturated carbocycles. The molecule has 0 aliphatic carbocycles. The summed E-state index contributed by atoms with van der Waals surface area (Å²) in [4.78, 5) is 9.68. The van der Waals surface area contributed by atoms with Crippen LogP contribution in [-0.4, -0.2) is 51.4 Å². The van der Waals surface area contributed by atoms with Gasteiger partial charge in [-0.15, -0.1) is 0 Å². The summed E-state index contributed by atoms with van der Waals surface area (Å²) in [5, 5.41) is 6.89. The molecule has 0 radical (unpaired) electrons. The van der Waals surface area contributed by atoms with Gasteiger partial charge >= 0.3 is 0 Å². The second kappa shape index (κ2) is 7.24. The molecule has 2 aromatic heterocycles. The number of nitrogens with zero attached hydrogens (tertiary/aromatic N) is 5. The van der Waals surface area contributed by atoms with Crippen LogP contribution in [0, 0.1) is 0 Å². The highest BCUT2D eigenvalue weighted by Gasteiger charge is 2.26. The molecule has 1 aromatic carbocycles. The van der Waals surface area contributed by atoms with Crippen molar-refractivity contribution < 1.29 is 0 Å². The third-order valence-corrected chi connectivity index (χ3v) is 5.85. The minimum absolute atomic E-state index is 0.231. The van der Waals surface area contributed by atoms with E-state index in [4.69, 9.17) is 5.73 Å². The Bertz CT molecular complexity index is 976. The number of aryl methyl sites for hydroxylation is 1. The van der Waals surface area contributed by atoms with Gasteiger partial charge in [0.05, 0.1) is 5.52 Å². The van der Waals surface area contributed by atoms with E-state index in [9.17, 15) is 0 Å². The minimum Gasteiger partial charge on any atom is -0.382 e. The molecule has 3 heterocycles. The summed E-state index contributed by atoms with van der Waals surface area (Å²) in [5.74, 6) is 0.521. The number of nitrogen functional groups attached to an aromatic ring is 1. The lowest BCUT2D eigenvalue weighted by Crippen LogP contribution is -2.53. The largest absolute Gasteiger partial charge is 0.382 e. The zero-order chi connectivity index (χ0) is 19.9. The molecule has 4 rings (SSSR count). The highest BCUT2D eigenvalue weighted by atomic mass is 15.3. The topological polar surface area (TPSA) is 63.2 Å². The van der Waals surface area contributed by atoms with Gasteiger partial charge in [0.1, 0.15) is 5.52 Å². The van der Waals surface area contributed by atoms with Gasteiger partial charge in [0, 0.05) is 60.9 Å². The zero-order valence-electron chi connectivity index (χ0n) is 17.6. The van der Waals surface area contributed by atoms with Gasteiger partial charge in [-0.2, -0.15) is 5.10 Å². The Morgan fingerprint density at radius 3 is 2.50 bits per heavy atom. The van der Waals surface area contributed by atoms with Crippen molar-refractivity contribution in [2.75, 3.05) is 36.8 Å². The third kappa shape index (κ3) is 3.53. The molecule has 0 bridgehead atoms. The van der Waals surface area contributed by atoms with E-state index in [-0.39, 0.29) is 5.54 Å². The van der Waals surface area contributed by atoms with Gasteiger partial charge in [-0.3, -0.25) is 9.58 Å². The molecule has 1 aliphatic heterocycles. The van der Waals surface area contributed by atoms with Crippen LogP contribution in [0.25, 0.3) is 21.8 Å². The maximum Gasteiger partial charge on any atom is 0.152 e. The molecular formula is C22H32N6. The number of anilines is 2. The van der Waals surface area contributed by atoms with Crippen LogP contribution in [0.5, 0.6) is 0 Å². The Balaban J connectivity index is 1.63. The second-order valence-electron chi connectivity index (χ2n) is 8.85. The van der Waals surface area contributed by atoms with Gasteiger partial charge in [0.25, 0.3) is 0 Å². The first-order chi connectivity index (χ1) is 13.4. The van der Waals surface area contributed by atoms with Crippen LogP contribution < -0.4 is 10.6 Å². The average Bonchev–Trinajstić information content (AvgIpc) is 3.10.